The Balaban J connectivity index is 2.08. The van der Waals surface area contributed by atoms with E-state index in [2.05, 4.69) is 11.8 Å². The largest absolute Gasteiger partial charge is 0.392 e. The lowest BCUT2D eigenvalue weighted by molar-refractivity contribution is 0.0259. The molecule has 1 aromatic carbocycles. The van der Waals surface area contributed by atoms with Crippen molar-refractivity contribution in [2.45, 2.75) is 26.0 Å². The Kier molecular flexibility index (Phi) is 3.99. The van der Waals surface area contributed by atoms with Gasteiger partial charge >= 0.3 is 0 Å². The fraction of sp³-hybridized carbons (Fsp3) is 0.500. The van der Waals surface area contributed by atoms with Crippen LogP contribution in [0.25, 0.3) is 0 Å². The van der Waals surface area contributed by atoms with E-state index in [0.29, 0.717) is 12.5 Å². The molecule has 0 bridgehead atoms. The molecular formula is C14H21N3O. The number of piperidine rings is 1. The van der Waals surface area contributed by atoms with Gasteiger partial charge in [-0.3, -0.25) is 10.3 Å². The monoisotopic (exact) mass is 247 g/mol. The maximum absolute atomic E-state index is 9.90. The van der Waals surface area contributed by atoms with Gasteiger partial charge in [-0.15, -0.1) is 0 Å². The number of amidine groups is 1. The molecule has 4 N–H and O–H groups in total. The molecule has 4 nitrogen and oxygen atoms in total. The second kappa shape index (κ2) is 5.50. The summed E-state index contributed by atoms with van der Waals surface area (Å²) in [5, 5.41) is 17.5. The van der Waals surface area contributed by atoms with Gasteiger partial charge in [0.2, 0.25) is 0 Å². The highest BCUT2D eigenvalue weighted by Crippen LogP contribution is 2.20. The number of hydrogen-bond acceptors (Lipinski definition) is 3. The van der Waals surface area contributed by atoms with Gasteiger partial charge in [0, 0.05) is 18.7 Å². The van der Waals surface area contributed by atoms with Gasteiger partial charge in [-0.05, 0) is 24.4 Å². The average Bonchev–Trinajstić information content (AvgIpc) is 2.34. The summed E-state index contributed by atoms with van der Waals surface area (Å²) in [6, 6.07) is 7.74. The normalized spacial score (nSPS) is 25.0. The van der Waals surface area contributed by atoms with E-state index < -0.39 is 0 Å². The Bertz CT molecular complexity index is 433. The summed E-state index contributed by atoms with van der Waals surface area (Å²) in [5.41, 5.74) is 7.44. The lowest BCUT2D eigenvalue weighted by atomic mass is 9.95. The molecule has 2 atom stereocenters. The third kappa shape index (κ3) is 2.89. The van der Waals surface area contributed by atoms with Gasteiger partial charge in [0.25, 0.3) is 0 Å². The van der Waals surface area contributed by atoms with Crippen LogP contribution in [0.2, 0.25) is 0 Å². The molecule has 0 radical (unpaired) electrons. The maximum Gasteiger partial charge on any atom is 0.123 e. The van der Waals surface area contributed by atoms with Crippen LogP contribution in [-0.2, 0) is 6.54 Å². The van der Waals surface area contributed by atoms with E-state index >= 15 is 0 Å². The fourth-order valence-corrected chi connectivity index (χ4v) is 2.42. The number of nitrogens with two attached hydrogens (primary N) is 1. The van der Waals surface area contributed by atoms with Gasteiger partial charge in [0.1, 0.15) is 5.84 Å². The van der Waals surface area contributed by atoms with Crippen molar-refractivity contribution in [3.05, 3.63) is 35.4 Å². The summed E-state index contributed by atoms with van der Waals surface area (Å²) < 4.78 is 0. The van der Waals surface area contributed by atoms with Gasteiger partial charge in [0.15, 0.2) is 0 Å². The van der Waals surface area contributed by atoms with Crippen molar-refractivity contribution in [3.63, 3.8) is 0 Å². The van der Waals surface area contributed by atoms with Crippen LogP contribution in [0.5, 0.6) is 0 Å². The van der Waals surface area contributed by atoms with Crippen LogP contribution in [0.15, 0.2) is 24.3 Å². The first-order valence-electron chi connectivity index (χ1n) is 6.40. The number of likely N-dealkylation sites (tertiary alicyclic amines) is 1. The summed E-state index contributed by atoms with van der Waals surface area (Å²) in [6.07, 6.45) is 0.770. The first-order chi connectivity index (χ1) is 8.58. The second-order valence-corrected chi connectivity index (χ2v) is 5.14. The quantitative estimate of drug-likeness (QED) is 0.554. The minimum absolute atomic E-state index is 0.108. The third-order valence-electron chi connectivity index (χ3n) is 3.70. The standard InChI is InChI=1S/C14H21N3O/c1-10-6-7-17(9-13(10)18)8-11-4-2-3-5-12(11)14(15)16/h2-5,10,13,18H,6-9H2,1H3,(H3,15,16). The third-order valence-corrected chi connectivity index (χ3v) is 3.70. The van der Waals surface area contributed by atoms with Crippen LogP contribution < -0.4 is 5.73 Å². The van der Waals surface area contributed by atoms with Crippen LogP contribution in [0.3, 0.4) is 0 Å². The Morgan fingerprint density at radius 2 is 2.22 bits per heavy atom. The molecule has 0 aliphatic carbocycles. The van der Waals surface area contributed by atoms with E-state index in [1.165, 1.54) is 0 Å². The lowest BCUT2D eigenvalue weighted by Gasteiger charge is -2.34. The van der Waals surface area contributed by atoms with E-state index in [1.807, 2.05) is 24.3 Å². The molecule has 1 fully saturated rings. The van der Waals surface area contributed by atoms with Gasteiger partial charge in [-0.25, -0.2) is 0 Å². The number of hydrogen-bond donors (Lipinski definition) is 3. The van der Waals surface area contributed by atoms with Gasteiger partial charge in [-0.1, -0.05) is 31.2 Å². The van der Waals surface area contributed by atoms with Crippen molar-refractivity contribution in [2.75, 3.05) is 13.1 Å². The van der Waals surface area contributed by atoms with Crippen LogP contribution in [-0.4, -0.2) is 35.0 Å². The molecule has 1 aliphatic heterocycles. The Hall–Kier alpha value is -1.39. The molecule has 1 aliphatic rings. The van der Waals surface area contributed by atoms with Crippen molar-refractivity contribution in [1.82, 2.24) is 4.90 Å². The molecule has 98 valence electrons. The molecule has 18 heavy (non-hydrogen) atoms. The van der Waals surface area contributed by atoms with Gasteiger partial charge in [-0.2, -0.15) is 0 Å². The summed E-state index contributed by atoms with van der Waals surface area (Å²) in [4.78, 5) is 2.23. The number of β-amino-alcohol motifs (C(OH)–C–C–N with tert-alkyl or cyclic N) is 1. The van der Waals surface area contributed by atoms with Crippen molar-refractivity contribution in [3.8, 4) is 0 Å². The molecular weight excluding hydrogens is 226 g/mol. The first kappa shape index (κ1) is 13.1. The molecule has 0 aromatic heterocycles. The average molecular weight is 247 g/mol. The Morgan fingerprint density at radius 3 is 2.89 bits per heavy atom. The molecule has 0 spiro atoms. The second-order valence-electron chi connectivity index (χ2n) is 5.14. The van der Waals surface area contributed by atoms with Crippen molar-refractivity contribution >= 4 is 5.84 Å². The minimum Gasteiger partial charge on any atom is -0.392 e. The van der Waals surface area contributed by atoms with E-state index in [-0.39, 0.29) is 11.9 Å². The summed E-state index contributed by atoms with van der Waals surface area (Å²) in [5.74, 6) is 0.487. The maximum atomic E-state index is 9.90. The number of aliphatic hydroxyl groups is 1. The fourth-order valence-electron chi connectivity index (χ4n) is 2.42. The van der Waals surface area contributed by atoms with E-state index in [4.69, 9.17) is 11.1 Å². The zero-order valence-corrected chi connectivity index (χ0v) is 10.8. The molecule has 2 unspecified atom stereocenters. The molecule has 0 saturated carbocycles. The van der Waals surface area contributed by atoms with Gasteiger partial charge in [0.05, 0.1) is 6.10 Å². The van der Waals surface area contributed by atoms with Crippen LogP contribution in [0.1, 0.15) is 24.5 Å². The SMILES string of the molecule is CC1CCN(Cc2ccccc2C(=N)N)CC1O. The molecule has 2 rings (SSSR count). The zero-order valence-electron chi connectivity index (χ0n) is 10.8. The highest BCUT2D eigenvalue weighted by molar-refractivity contribution is 5.96. The number of rotatable bonds is 3. The summed E-state index contributed by atoms with van der Waals surface area (Å²) >= 11 is 0. The molecule has 0 amide bonds. The lowest BCUT2D eigenvalue weighted by Crippen LogP contribution is -2.42. The number of aliphatic hydroxyl groups excluding tert-OH is 1. The zero-order chi connectivity index (χ0) is 13.1. The predicted octanol–water partition coefficient (Wildman–Crippen LogP) is 1.17. The minimum atomic E-state index is -0.247. The predicted molar refractivity (Wildman–Crippen MR) is 72.5 cm³/mol. The number of nitrogen functional groups attached to an aromatic ring is 1. The smallest absolute Gasteiger partial charge is 0.123 e. The summed E-state index contributed by atoms with van der Waals surface area (Å²) in [6.45, 7) is 4.53. The highest BCUT2D eigenvalue weighted by atomic mass is 16.3. The van der Waals surface area contributed by atoms with Crippen LogP contribution in [0.4, 0.5) is 0 Å². The Morgan fingerprint density at radius 1 is 1.50 bits per heavy atom. The van der Waals surface area contributed by atoms with Crippen LogP contribution in [0, 0.1) is 11.3 Å². The van der Waals surface area contributed by atoms with E-state index in [0.717, 1.165) is 30.6 Å². The Labute approximate surface area is 108 Å². The summed E-state index contributed by atoms with van der Waals surface area (Å²) in [7, 11) is 0. The molecule has 1 saturated heterocycles. The molecule has 1 aromatic rings. The highest BCUT2D eigenvalue weighted by Gasteiger charge is 2.24. The molecule has 4 heteroatoms. The van der Waals surface area contributed by atoms with Crippen LogP contribution >= 0.6 is 0 Å². The van der Waals surface area contributed by atoms with Gasteiger partial charge < -0.3 is 10.8 Å². The first-order valence-corrected chi connectivity index (χ1v) is 6.40. The van der Waals surface area contributed by atoms with E-state index in [9.17, 15) is 5.11 Å². The number of nitrogens with zero attached hydrogens (tertiary/aromatic N) is 1. The van der Waals surface area contributed by atoms with Crippen molar-refractivity contribution in [2.24, 2.45) is 11.7 Å². The number of benzene rings is 1. The van der Waals surface area contributed by atoms with Crippen molar-refractivity contribution in [1.29, 1.82) is 5.41 Å². The van der Waals surface area contributed by atoms with E-state index in [1.54, 1.807) is 0 Å². The topological polar surface area (TPSA) is 73.3 Å². The number of nitrogens with one attached hydrogen (secondary N) is 1. The molecule has 1 heterocycles. The van der Waals surface area contributed by atoms with Crippen molar-refractivity contribution < 1.29 is 5.11 Å².